The van der Waals surface area contributed by atoms with Gasteiger partial charge in [0.05, 0.1) is 6.54 Å². The summed E-state index contributed by atoms with van der Waals surface area (Å²) in [5, 5.41) is 2.68. The fourth-order valence-corrected chi connectivity index (χ4v) is 4.78. The van der Waals surface area contributed by atoms with E-state index in [1.165, 1.54) is 5.57 Å². The van der Waals surface area contributed by atoms with Crippen LogP contribution >= 0.6 is 0 Å². The Balaban J connectivity index is 2.08. The van der Waals surface area contributed by atoms with E-state index in [-0.39, 0.29) is 24.0 Å². The second-order valence-electron chi connectivity index (χ2n) is 9.05. The van der Waals surface area contributed by atoms with Crippen molar-refractivity contribution in [3.8, 4) is 5.75 Å². The minimum atomic E-state index is -0.546. The molecule has 2 atom stereocenters. The quantitative estimate of drug-likeness (QED) is 0.532. The van der Waals surface area contributed by atoms with Gasteiger partial charge >= 0.3 is 0 Å². The van der Waals surface area contributed by atoms with E-state index < -0.39 is 5.91 Å². The maximum atomic E-state index is 13.0. The third kappa shape index (κ3) is 4.65. The number of allylic oxidation sites excluding steroid dienone is 2. The summed E-state index contributed by atoms with van der Waals surface area (Å²) in [4.78, 5) is 24.2. The van der Waals surface area contributed by atoms with E-state index in [4.69, 9.17) is 10.5 Å². The Hall–Kier alpha value is -2.30. The van der Waals surface area contributed by atoms with Gasteiger partial charge in [0.1, 0.15) is 11.4 Å². The van der Waals surface area contributed by atoms with Gasteiger partial charge in [-0.1, -0.05) is 31.4 Å². The predicted octanol–water partition coefficient (Wildman–Crippen LogP) is 4.25. The van der Waals surface area contributed by atoms with Gasteiger partial charge in [-0.2, -0.15) is 0 Å². The summed E-state index contributed by atoms with van der Waals surface area (Å²) in [7, 11) is 0. The van der Waals surface area contributed by atoms with Crippen LogP contribution < -0.4 is 15.8 Å². The van der Waals surface area contributed by atoms with Crippen LogP contribution in [0.2, 0.25) is 0 Å². The molecular weight excluding hydrogens is 364 g/mol. The van der Waals surface area contributed by atoms with Gasteiger partial charge in [-0.3, -0.25) is 9.59 Å². The molecule has 3 N–H and O–H groups in total. The van der Waals surface area contributed by atoms with Crippen LogP contribution in [-0.4, -0.2) is 24.0 Å². The zero-order chi connectivity index (χ0) is 21.2. The van der Waals surface area contributed by atoms with Gasteiger partial charge in [0.15, 0.2) is 0 Å². The summed E-state index contributed by atoms with van der Waals surface area (Å²) in [6, 6.07) is 4.10. The Kier molecular flexibility index (Phi) is 6.35. The standard InChI is InChI=1S/C24H34N2O3/c1-5-6-7-8-16-12-18(23(28)26-14-21(25)27)22-17-11-15(2)9-10-19(17)24(3,4)29-20(22)13-16/h11-13,17,19H,5-10,14H2,1-4H3,(H2,25,27)(H,26,28)/t17-,19-/m1/s1. The average Bonchev–Trinajstić information content (AvgIpc) is 2.64. The highest BCUT2D eigenvalue weighted by Gasteiger charge is 2.45. The minimum Gasteiger partial charge on any atom is -0.487 e. The molecule has 0 radical (unpaired) electrons. The number of nitrogens with two attached hydrogens (primary N) is 1. The number of carbonyl (C=O) groups is 2. The number of fused-ring (bicyclic) bond motifs is 3. The van der Waals surface area contributed by atoms with E-state index in [1.807, 2.05) is 6.07 Å². The van der Waals surface area contributed by atoms with Crippen LogP contribution in [0.3, 0.4) is 0 Å². The number of amides is 2. The molecule has 0 aromatic heterocycles. The second-order valence-corrected chi connectivity index (χ2v) is 9.05. The van der Waals surface area contributed by atoms with Gasteiger partial charge in [0, 0.05) is 23.0 Å². The summed E-state index contributed by atoms with van der Waals surface area (Å²) < 4.78 is 6.49. The highest BCUT2D eigenvalue weighted by Crippen LogP contribution is 2.51. The fourth-order valence-electron chi connectivity index (χ4n) is 4.78. The van der Waals surface area contributed by atoms with Gasteiger partial charge in [-0.05, 0) is 64.2 Å². The summed E-state index contributed by atoms with van der Waals surface area (Å²) in [5.41, 5.74) is 8.97. The molecule has 1 aromatic rings. The molecule has 1 aliphatic heterocycles. The average molecular weight is 399 g/mol. The van der Waals surface area contributed by atoms with E-state index >= 15 is 0 Å². The van der Waals surface area contributed by atoms with Gasteiger partial charge in [0.2, 0.25) is 5.91 Å². The van der Waals surface area contributed by atoms with Gasteiger partial charge < -0.3 is 15.8 Å². The van der Waals surface area contributed by atoms with E-state index in [0.29, 0.717) is 11.5 Å². The molecule has 3 rings (SSSR count). The molecule has 158 valence electrons. The number of nitrogens with one attached hydrogen (secondary N) is 1. The monoisotopic (exact) mass is 398 g/mol. The van der Waals surface area contributed by atoms with Crippen LogP contribution in [0, 0.1) is 5.92 Å². The van der Waals surface area contributed by atoms with Crippen LogP contribution in [0.1, 0.15) is 87.2 Å². The van der Waals surface area contributed by atoms with Crippen molar-refractivity contribution >= 4 is 11.8 Å². The molecule has 5 heteroatoms. The lowest BCUT2D eigenvalue weighted by molar-refractivity contribution is -0.117. The number of hydrogen-bond donors (Lipinski definition) is 2. The Labute approximate surface area is 174 Å². The molecule has 2 amide bonds. The lowest BCUT2D eigenvalue weighted by Gasteiger charge is -2.47. The fraction of sp³-hybridized carbons (Fsp3) is 0.583. The third-order valence-corrected chi connectivity index (χ3v) is 6.29. The van der Waals surface area contributed by atoms with E-state index in [0.717, 1.165) is 55.4 Å². The van der Waals surface area contributed by atoms with Gasteiger partial charge in [-0.25, -0.2) is 0 Å². The van der Waals surface area contributed by atoms with Crippen LogP contribution in [-0.2, 0) is 11.2 Å². The molecule has 1 aromatic carbocycles. The van der Waals surface area contributed by atoms with Crippen molar-refractivity contribution in [2.75, 3.05) is 6.54 Å². The largest absolute Gasteiger partial charge is 0.487 e. The summed E-state index contributed by atoms with van der Waals surface area (Å²) in [5.74, 6) is 0.459. The molecule has 0 spiro atoms. The number of primary amides is 1. The first-order valence-electron chi connectivity index (χ1n) is 10.8. The van der Waals surface area contributed by atoms with Crippen molar-refractivity contribution in [3.63, 3.8) is 0 Å². The molecular formula is C24H34N2O3. The second kappa shape index (κ2) is 8.60. The van der Waals surface area contributed by atoms with E-state index in [2.05, 4.69) is 45.2 Å². The number of ether oxygens (including phenoxy) is 1. The molecule has 0 saturated carbocycles. The lowest BCUT2D eigenvalue weighted by Crippen LogP contribution is -2.46. The van der Waals surface area contributed by atoms with Crippen LogP contribution in [0.15, 0.2) is 23.8 Å². The molecule has 0 saturated heterocycles. The minimum absolute atomic E-state index is 0.140. The number of aryl methyl sites for hydroxylation is 1. The zero-order valence-electron chi connectivity index (χ0n) is 18.1. The molecule has 2 aliphatic rings. The smallest absolute Gasteiger partial charge is 0.252 e. The summed E-state index contributed by atoms with van der Waals surface area (Å²) in [6.07, 6.45) is 8.68. The number of hydrogen-bond acceptors (Lipinski definition) is 3. The molecule has 29 heavy (non-hydrogen) atoms. The summed E-state index contributed by atoms with van der Waals surface area (Å²) in [6.45, 7) is 8.48. The number of rotatable bonds is 7. The first-order valence-corrected chi connectivity index (χ1v) is 10.8. The maximum Gasteiger partial charge on any atom is 0.252 e. The van der Waals surface area contributed by atoms with Crippen molar-refractivity contribution in [1.29, 1.82) is 0 Å². The first-order chi connectivity index (χ1) is 13.7. The first kappa shape index (κ1) is 21.4. The lowest BCUT2D eigenvalue weighted by atomic mass is 9.67. The van der Waals surface area contributed by atoms with Crippen molar-refractivity contribution in [2.24, 2.45) is 11.7 Å². The number of unbranched alkanes of at least 4 members (excludes halogenated alkanes) is 2. The molecule has 0 fully saturated rings. The Morgan fingerprint density at radius 2 is 2.03 bits per heavy atom. The van der Waals surface area contributed by atoms with Crippen LogP contribution in [0.25, 0.3) is 0 Å². The van der Waals surface area contributed by atoms with Crippen molar-refractivity contribution in [1.82, 2.24) is 5.32 Å². The Morgan fingerprint density at radius 1 is 1.28 bits per heavy atom. The van der Waals surface area contributed by atoms with Crippen LogP contribution in [0.4, 0.5) is 0 Å². The summed E-state index contributed by atoms with van der Waals surface area (Å²) >= 11 is 0. The number of benzene rings is 1. The molecule has 0 unspecified atom stereocenters. The predicted molar refractivity (Wildman–Crippen MR) is 115 cm³/mol. The normalized spacial score (nSPS) is 22.0. The molecule has 1 heterocycles. The topological polar surface area (TPSA) is 81.4 Å². The van der Waals surface area contributed by atoms with Crippen molar-refractivity contribution in [3.05, 3.63) is 40.5 Å². The van der Waals surface area contributed by atoms with E-state index in [9.17, 15) is 9.59 Å². The Bertz CT molecular complexity index is 826. The number of carbonyl (C=O) groups excluding carboxylic acids is 2. The van der Waals surface area contributed by atoms with Gasteiger partial charge in [-0.15, -0.1) is 0 Å². The van der Waals surface area contributed by atoms with Crippen molar-refractivity contribution < 1.29 is 14.3 Å². The Morgan fingerprint density at radius 3 is 2.72 bits per heavy atom. The third-order valence-electron chi connectivity index (χ3n) is 6.29. The highest BCUT2D eigenvalue weighted by molar-refractivity contribution is 5.98. The van der Waals surface area contributed by atoms with Crippen LogP contribution in [0.5, 0.6) is 5.75 Å². The van der Waals surface area contributed by atoms with Gasteiger partial charge in [0.25, 0.3) is 5.91 Å². The van der Waals surface area contributed by atoms with E-state index in [1.54, 1.807) is 0 Å². The van der Waals surface area contributed by atoms with Crippen molar-refractivity contribution in [2.45, 2.75) is 77.7 Å². The zero-order valence-corrected chi connectivity index (χ0v) is 18.1. The highest BCUT2D eigenvalue weighted by atomic mass is 16.5. The molecule has 5 nitrogen and oxygen atoms in total. The maximum absolute atomic E-state index is 13.0. The SMILES string of the molecule is CCCCCc1cc2c(c(C(=O)NCC(N)=O)c1)[C@@H]1C=C(C)CC[C@H]1C(C)(C)O2. The molecule has 1 aliphatic carbocycles. The molecule has 0 bridgehead atoms.